The van der Waals surface area contributed by atoms with Gasteiger partial charge in [0, 0.05) is 60.8 Å². The van der Waals surface area contributed by atoms with Gasteiger partial charge in [-0.05, 0) is 81.3 Å². The fraction of sp³-hybridized carbons (Fsp3) is 0.429. The number of sulfonamides is 1. The minimum absolute atomic E-state index is 0.0595. The van der Waals surface area contributed by atoms with Crippen LogP contribution in [0.25, 0.3) is 22.0 Å². The first kappa shape index (κ1) is 43.5. The van der Waals surface area contributed by atoms with Crippen LogP contribution in [0.2, 0.25) is 5.02 Å². The van der Waals surface area contributed by atoms with Gasteiger partial charge in [0.25, 0.3) is 12.3 Å². The van der Waals surface area contributed by atoms with Crippen molar-refractivity contribution in [1.29, 1.82) is 0 Å². The molecule has 5 atom stereocenters. The summed E-state index contributed by atoms with van der Waals surface area (Å²) in [4.78, 5) is 21.1. The zero-order valence-corrected chi connectivity index (χ0v) is 35.6. The molecule has 1 unspecified atom stereocenters. The Morgan fingerprint density at radius 2 is 1.77 bits per heavy atom. The summed E-state index contributed by atoms with van der Waals surface area (Å²) >= 11 is 6.67. The summed E-state index contributed by atoms with van der Waals surface area (Å²) in [6.45, 7) is 7.41. The zero-order chi connectivity index (χ0) is 44.8. The molecule has 2 fully saturated rings. The molecule has 4 heterocycles. The first-order chi connectivity index (χ1) is 29.1. The van der Waals surface area contributed by atoms with E-state index < -0.39 is 87.1 Å². The molecule has 1 amide bonds. The monoisotopic (exact) mass is 902 g/mol. The predicted molar refractivity (Wildman–Crippen MR) is 218 cm³/mol. The van der Waals surface area contributed by atoms with E-state index in [9.17, 15) is 30.8 Å². The Labute approximate surface area is 357 Å². The average Bonchev–Trinajstić information content (AvgIpc) is 3.70. The number of halogens is 7. The number of morpholine rings is 1. The highest BCUT2D eigenvalue weighted by Gasteiger charge is 2.67. The summed E-state index contributed by atoms with van der Waals surface area (Å²) in [6, 6.07) is 6.88. The molecular weight excluding hydrogens is 862 g/mol. The molecule has 3 N–H and O–H groups in total. The molecule has 8 rings (SSSR count). The Kier molecular flexibility index (Phi) is 10.9. The lowest BCUT2D eigenvalue weighted by Crippen LogP contribution is -2.51. The number of alkyl halides is 4. The van der Waals surface area contributed by atoms with Gasteiger partial charge in [-0.2, -0.15) is 19.0 Å². The molecule has 1 aliphatic heterocycles. The number of rotatable bonds is 11. The largest absolute Gasteiger partial charge is 0.368 e. The van der Waals surface area contributed by atoms with Gasteiger partial charge >= 0.3 is 0 Å². The van der Waals surface area contributed by atoms with Crippen LogP contribution in [-0.2, 0) is 38.9 Å². The van der Waals surface area contributed by atoms with E-state index in [2.05, 4.69) is 31.7 Å². The number of anilines is 1. The van der Waals surface area contributed by atoms with Crippen LogP contribution in [0.15, 0.2) is 42.5 Å². The highest BCUT2D eigenvalue weighted by atomic mass is 35.5. The van der Waals surface area contributed by atoms with E-state index in [0.717, 1.165) is 18.4 Å². The summed E-state index contributed by atoms with van der Waals surface area (Å²) in [5.41, 5.74) is 3.63. The van der Waals surface area contributed by atoms with E-state index in [1.807, 2.05) is 20.8 Å². The van der Waals surface area contributed by atoms with Gasteiger partial charge in [-0.3, -0.25) is 19.1 Å². The molecule has 0 radical (unpaired) electrons. The van der Waals surface area contributed by atoms with E-state index in [1.165, 1.54) is 17.8 Å². The quantitative estimate of drug-likeness (QED) is 0.105. The van der Waals surface area contributed by atoms with E-state index in [4.69, 9.17) is 27.1 Å². The first-order valence-electron chi connectivity index (χ1n) is 19.7. The smallest absolute Gasteiger partial charge is 0.293 e. The number of primary amides is 1. The third-order valence-corrected chi connectivity index (χ3v) is 12.6. The molecule has 12 nitrogen and oxygen atoms in total. The minimum Gasteiger partial charge on any atom is -0.368 e. The molecule has 1 saturated heterocycles. The van der Waals surface area contributed by atoms with Crippen molar-refractivity contribution in [2.24, 2.45) is 18.7 Å². The summed E-state index contributed by atoms with van der Waals surface area (Å²) in [7, 11) is -2.37. The summed E-state index contributed by atoms with van der Waals surface area (Å²) in [5.74, 6) is -4.67. The number of amides is 1. The third kappa shape index (κ3) is 7.90. The number of carbonyl (C=O) groups excluding carboxylic acids is 1. The highest BCUT2D eigenvalue weighted by molar-refractivity contribution is 7.92. The molecule has 1 saturated carbocycles. The highest BCUT2D eigenvalue weighted by Crippen LogP contribution is 2.68. The van der Waals surface area contributed by atoms with Gasteiger partial charge in [-0.15, -0.1) is 0 Å². The van der Waals surface area contributed by atoms with Crippen molar-refractivity contribution in [3.05, 3.63) is 93.0 Å². The molecule has 2 aliphatic carbocycles. The first-order valence-corrected chi connectivity index (χ1v) is 21.9. The van der Waals surface area contributed by atoms with E-state index in [-0.39, 0.29) is 67.8 Å². The lowest BCUT2D eigenvalue weighted by molar-refractivity contribution is -0.122. The zero-order valence-electron chi connectivity index (χ0n) is 34.0. The van der Waals surface area contributed by atoms with Crippen molar-refractivity contribution in [2.75, 3.05) is 30.7 Å². The van der Waals surface area contributed by atoms with Gasteiger partial charge in [-0.1, -0.05) is 23.6 Å². The summed E-state index contributed by atoms with van der Waals surface area (Å²) in [6.07, 6.45) is -2.94. The third-order valence-electron chi connectivity index (χ3n) is 11.7. The van der Waals surface area contributed by atoms with Gasteiger partial charge in [-0.25, -0.2) is 35.6 Å². The van der Waals surface area contributed by atoms with Crippen molar-refractivity contribution in [3.63, 3.8) is 0 Å². The standard InChI is InChI=1S/C42H41ClF6N8O4S/c1-20(2)56-12-13-61-41(3,19-56)11-10-24-6-7-25(26-8-9-30(43)32-35(26)55(4)53-40(32)54-62(5,59)60)33(51-24)28(16-21-14-22(44)17-23(45)15-21)36(39(50)58)57-37-31(34(52-57)38(46)47)27-18-29(27)42(37,48)49/h6-9,14-15,17,20,27-29,36,38H,12-13,16,18-19H2,1-5H3,(H2,50,58)(H,53,54)/t27-,28+,29+,36?,41+/m0/s1. The molecule has 5 aromatic rings. The van der Waals surface area contributed by atoms with Crippen LogP contribution in [0.5, 0.6) is 0 Å². The van der Waals surface area contributed by atoms with Crippen LogP contribution in [0.3, 0.4) is 0 Å². The van der Waals surface area contributed by atoms with Gasteiger partial charge in [0.1, 0.15) is 40.4 Å². The Bertz CT molecular complexity index is 2800. The van der Waals surface area contributed by atoms with Crippen molar-refractivity contribution < 1.29 is 44.3 Å². The van der Waals surface area contributed by atoms with Gasteiger partial charge in [0.05, 0.1) is 34.5 Å². The summed E-state index contributed by atoms with van der Waals surface area (Å²) in [5, 5.41) is 8.58. The minimum atomic E-state index is -3.88. The fourth-order valence-corrected chi connectivity index (χ4v) is 9.69. The lowest BCUT2D eigenvalue weighted by Gasteiger charge is -2.39. The number of nitrogens with one attached hydrogen (secondary N) is 1. The number of ether oxygens (including phenoxy) is 1. The second-order valence-electron chi connectivity index (χ2n) is 16.6. The molecule has 328 valence electrons. The maximum atomic E-state index is 16.2. The Hall–Kier alpha value is -5.16. The summed E-state index contributed by atoms with van der Waals surface area (Å²) < 4.78 is 127. The Balaban J connectivity index is 1.41. The van der Waals surface area contributed by atoms with Crippen LogP contribution in [0.1, 0.15) is 85.4 Å². The number of hydrogen-bond acceptors (Lipinski definition) is 8. The van der Waals surface area contributed by atoms with Crippen LogP contribution < -0.4 is 10.5 Å². The number of fused-ring (bicyclic) bond motifs is 4. The van der Waals surface area contributed by atoms with Crippen molar-refractivity contribution in [1.82, 2.24) is 29.4 Å². The molecule has 3 aromatic heterocycles. The number of pyridine rings is 1. The maximum Gasteiger partial charge on any atom is 0.293 e. The number of hydrogen-bond donors (Lipinski definition) is 2. The van der Waals surface area contributed by atoms with E-state index in [0.29, 0.717) is 30.4 Å². The van der Waals surface area contributed by atoms with Crippen LogP contribution in [0.4, 0.5) is 32.2 Å². The van der Waals surface area contributed by atoms with Gasteiger partial charge < -0.3 is 10.5 Å². The Morgan fingerprint density at radius 1 is 1.08 bits per heavy atom. The second-order valence-corrected chi connectivity index (χ2v) is 18.7. The lowest BCUT2D eigenvalue weighted by atomic mass is 9.84. The Morgan fingerprint density at radius 3 is 2.42 bits per heavy atom. The van der Waals surface area contributed by atoms with Gasteiger partial charge in [0.15, 0.2) is 5.82 Å². The number of aromatic nitrogens is 5. The van der Waals surface area contributed by atoms with Crippen LogP contribution in [-0.4, -0.2) is 81.4 Å². The fourth-order valence-electron chi connectivity index (χ4n) is 8.96. The number of aryl methyl sites for hydroxylation is 1. The van der Waals surface area contributed by atoms with Gasteiger partial charge in [0.2, 0.25) is 15.9 Å². The maximum absolute atomic E-state index is 16.2. The second kappa shape index (κ2) is 15.6. The molecule has 0 bridgehead atoms. The van der Waals surface area contributed by atoms with Crippen molar-refractivity contribution in [2.45, 2.75) is 75.5 Å². The van der Waals surface area contributed by atoms with Crippen molar-refractivity contribution in [3.8, 4) is 23.0 Å². The van der Waals surface area contributed by atoms with Crippen molar-refractivity contribution >= 4 is 44.3 Å². The van der Waals surface area contributed by atoms with Crippen LogP contribution >= 0.6 is 11.6 Å². The number of carbonyl (C=O) groups is 1. The topological polar surface area (TPSA) is 150 Å². The number of nitrogens with zero attached hydrogens (tertiary/aromatic N) is 6. The van der Waals surface area contributed by atoms with Crippen LogP contribution in [0, 0.1) is 29.4 Å². The van der Waals surface area contributed by atoms with E-state index >= 15 is 8.78 Å². The number of nitrogens with two attached hydrogens (primary N) is 1. The molecule has 0 spiro atoms. The normalized spacial score (nSPS) is 21.7. The SMILES string of the molecule is CC(C)N1CCO[C@](C)(C#Cc2ccc(-c3ccc(Cl)c4c(NS(C)(=O)=O)nn(C)c34)c([C@@H](Cc3cc(F)cc(F)c3)C(C(N)=O)n3nc(C(F)F)c4c3C(F)(F)[C@@H]3C[C@H]43)n2)C1. The molecule has 3 aliphatic rings. The molecule has 20 heteroatoms. The average molecular weight is 903 g/mol. The van der Waals surface area contributed by atoms with E-state index in [1.54, 1.807) is 18.2 Å². The number of benzene rings is 2. The molecule has 62 heavy (non-hydrogen) atoms. The molecule has 2 aromatic carbocycles. The predicted octanol–water partition coefficient (Wildman–Crippen LogP) is 7.19. The molecular formula is C42H41ClF6N8O4S.